The molecule has 1 aliphatic heterocycles. The van der Waals surface area contributed by atoms with Crippen LogP contribution in [0.15, 0.2) is 24.3 Å². The summed E-state index contributed by atoms with van der Waals surface area (Å²) in [6, 6.07) is 4.20. The van der Waals surface area contributed by atoms with Gasteiger partial charge in [0.2, 0.25) is 5.91 Å². The van der Waals surface area contributed by atoms with Gasteiger partial charge in [-0.05, 0) is 50.6 Å². The van der Waals surface area contributed by atoms with E-state index < -0.39 is 17.8 Å². The Labute approximate surface area is 175 Å². The van der Waals surface area contributed by atoms with Gasteiger partial charge in [0.05, 0.1) is 5.56 Å². The van der Waals surface area contributed by atoms with Gasteiger partial charge in [-0.15, -0.1) is 0 Å². The van der Waals surface area contributed by atoms with Crippen molar-refractivity contribution in [3.63, 3.8) is 0 Å². The molecule has 1 aromatic rings. The third kappa shape index (κ3) is 7.19. The molecule has 0 saturated carbocycles. The molecule has 3 amide bonds. The molecule has 0 aliphatic carbocycles. The predicted octanol–water partition coefficient (Wildman–Crippen LogP) is 3.65. The number of nitrogens with one attached hydrogen (secondary N) is 2. The van der Waals surface area contributed by atoms with E-state index in [1.165, 1.54) is 12.1 Å². The van der Waals surface area contributed by atoms with Crippen molar-refractivity contribution in [3.05, 3.63) is 29.8 Å². The van der Waals surface area contributed by atoms with Crippen LogP contribution in [-0.4, -0.2) is 62.0 Å². The fraction of sp³-hybridized carbons (Fsp3) is 0.619. The number of piperidine rings is 1. The van der Waals surface area contributed by atoms with Crippen LogP contribution < -0.4 is 10.6 Å². The summed E-state index contributed by atoms with van der Waals surface area (Å²) in [5, 5.41) is 5.49. The Hall–Kier alpha value is -2.29. The molecule has 2 N–H and O–H groups in total. The molecule has 1 fully saturated rings. The summed E-state index contributed by atoms with van der Waals surface area (Å²) >= 11 is 0. The van der Waals surface area contributed by atoms with Crippen molar-refractivity contribution < 1.29 is 22.8 Å². The van der Waals surface area contributed by atoms with Crippen LogP contribution in [0.1, 0.15) is 31.7 Å². The van der Waals surface area contributed by atoms with E-state index in [-0.39, 0.29) is 23.4 Å². The number of alkyl halides is 3. The second-order valence-corrected chi connectivity index (χ2v) is 8.03. The molecule has 2 rings (SSSR count). The van der Waals surface area contributed by atoms with E-state index in [4.69, 9.17) is 0 Å². The van der Waals surface area contributed by atoms with Crippen LogP contribution in [0.5, 0.6) is 0 Å². The normalized spacial score (nSPS) is 19.6. The van der Waals surface area contributed by atoms with E-state index >= 15 is 0 Å². The second-order valence-electron chi connectivity index (χ2n) is 8.03. The van der Waals surface area contributed by atoms with Crippen LogP contribution in [-0.2, 0) is 11.0 Å². The minimum atomic E-state index is -4.46. The molecule has 0 unspecified atom stereocenters. The third-order valence-electron chi connectivity index (χ3n) is 5.47. The fourth-order valence-electron chi connectivity index (χ4n) is 3.70. The average molecular weight is 428 g/mol. The Morgan fingerprint density at radius 1 is 1.23 bits per heavy atom. The van der Waals surface area contributed by atoms with Crippen LogP contribution in [0, 0.1) is 11.8 Å². The number of hydrogen-bond donors (Lipinski definition) is 2. The van der Waals surface area contributed by atoms with E-state index in [1.807, 2.05) is 25.9 Å². The molecule has 2 atom stereocenters. The number of likely N-dealkylation sites (N-methyl/N-ethyl adjacent to an activating group) is 1. The molecule has 0 radical (unpaired) electrons. The zero-order valence-electron chi connectivity index (χ0n) is 17.8. The highest BCUT2D eigenvalue weighted by atomic mass is 19.4. The lowest BCUT2D eigenvalue weighted by molar-refractivity contribution is -0.137. The molecular weight excluding hydrogens is 397 g/mol. The lowest BCUT2D eigenvalue weighted by Gasteiger charge is -2.38. The van der Waals surface area contributed by atoms with Gasteiger partial charge in [0.25, 0.3) is 0 Å². The largest absolute Gasteiger partial charge is 0.416 e. The van der Waals surface area contributed by atoms with Crippen molar-refractivity contribution in [2.45, 2.75) is 32.4 Å². The van der Waals surface area contributed by atoms with Gasteiger partial charge in [0.15, 0.2) is 0 Å². The Morgan fingerprint density at radius 3 is 2.60 bits per heavy atom. The molecule has 0 bridgehead atoms. The lowest BCUT2D eigenvalue weighted by atomic mass is 9.81. The van der Waals surface area contributed by atoms with Crippen LogP contribution >= 0.6 is 0 Å². The van der Waals surface area contributed by atoms with Crippen LogP contribution in [0.25, 0.3) is 0 Å². The molecular formula is C21H31F3N4O2. The summed E-state index contributed by atoms with van der Waals surface area (Å²) in [5.41, 5.74) is -0.684. The maximum absolute atomic E-state index is 12.9. The number of carbonyl (C=O) groups excluding carboxylic acids is 2. The first kappa shape index (κ1) is 24.0. The van der Waals surface area contributed by atoms with Crippen molar-refractivity contribution >= 4 is 17.6 Å². The van der Waals surface area contributed by atoms with E-state index in [1.54, 1.807) is 4.90 Å². The first-order chi connectivity index (χ1) is 14.1. The molecule has 0 spiro atoms. The van der Waals surface area contributed by atoms with Gasteiger partial charge >= 0.3 is 12.2 Å². The van der Waals surface area contributed by atoms with Gasteiger partial charge in [0.1, 0.15) is 0 Å². The monoisotopic (exact) mass is 428 g/mol. The number of likely N-dealkylation sites (tertiary alicyclic amines) is 1. The van der Waals surface area contributed by atoms with E-state index in [0.717, 1.165) is 25.1 Å². The highest BCUT2D eigenvalue weighted by Gasteiger charge is 2.33. The molecule has 0 aromatic heterocycles. The number of nitrogens with zero attached hydrogens (tertiary/aromatic N) is 2. The average Bonchev–Trinajstić information content (AvgIpc) is 2.67. The topological polar surface area (TPSA) is 64.7 Å². The molecule has 1 aromatic carbocycles. The summed E-state index contributed by atoms with van der Waals surface area (Å²) in [4.78, 5) is 28.4. The SMILES string of the molecule is CC[C@H]1CN(C(=O)Nc2cccc(C(F)(F)F)c2)CC[C@H]1CC(=O)NCCN(C)C. The van der Waals surface area contributed by atoms with E-state index in [0.29, 0.717) is 32.5 Å². The number of benzene rings is 1. The summed E-state index contributed by atoms with van der Waals surface area (Å²) in [7, 11) is 3.89. The Bertz CT molecular complexity index is 724. The maximum Gasteiger partial charge on any atom is 0.416 e. The minimum Gasteiger partial charge on any atom is -0.355 e. The summed E-state index contributed by atoms with van der Waals surface area (Å²) in [6.45, 7) is 4.35. The van der Waals surface area contributed by atoms with E-state index in [2.05, 4.69) is 10.6 Å². The lowest BCUT2D eigenvalue weighted by Crippen LogP contribution is -2.46. The number of anilines is 1. The zero-order chi connectivity index (χ0) is 22.3. The van der Waals surface area contributed by atoms with Crippen molar-refractivity contribution in [1.29, 1.82) is 0 Å². The maximum atomic E-state index is 12.9. The van der Waals surface area contributed by atoms with Gasteiger partial charge in [-0.3, -0.25) is 4.79 Å². The minimum absolute atomic E-state index is 0.0159. The Balaban J connectivity index is 1.89. The highest BCUT2D eigenvalue weighted by molar-refractivity contribution is 5.89. The standard InChI is InChI=1S/C21H31F3N4O2/c1-4-15-14-28(10-8-16(15)12-19(29)25-9-11-27(2)3)20(30)26-18-7-5-6-17(13-18)21(22,23)24/h5-7,13,15-16H,4,8-12,14H2,1-3H3,(H,25,29)(H,26,30)/t15-,16-/m0/s1. The number of urea groups is 1. The number of carbonyl (C=O) groups is 2. The number of halogens is 3. The molecule has 30 heavy (non-hydrogen) atoms. The number of hydrogen-bond acceptors (Lipinski definition) is 3. The van der Waals surface area contributed by atoms with Gasteiger partial charge < -0.3 is 20.4 Å². The molecule has 168 valence electrons. The Kier molecular flexibility index (Phi) is 8.52. The molecule has 1 heterocycles. The fourth-order valence-corrected chi connectivity index (χ4v) is 3.70. The molecule has 1 aliphatic rings. The molecule has 9 heteroatoms. The zero-order valence-corrected chi connectivity index (χ0v) is 17.8. The van der Waals surface area contributed by atoms with Gasteiger partial charge in [-0.1, -0.05) is 19.4 Å². The second kappa shape index (κ2) is 10.7. The van der Waals surface area contributed by atoms with Crippen LogP contribution in [0.4, 0.5) is 23.7 Å². The summed E-state index contributed by atoms with van der Waals surface area (Å²) in [6.07, 6.45) is -2.52. The molecule has 6 nitrogen and oxygen atoms in total. The Morgan fingerprint density at radius 2 is 1.97 bits per heavy atom. The first-order valence-electron chi connectivity index (χ1n) is 10.2. The molecule has 1 saturated heterocycles. The quantitative estimate of drug-likeness (QED) is 0.697. The highest BCUT2D eigenvalue weighted by Crippen LogP contribution is 2.32. The van der Waals surface area contributed by atoms with Crippen LogP contribution in [0.3, 0.4) is 0 Å². The first-order valence-corrected chi connectivity index (χ1v) is 10.2. The van der Waals surface area contributed by atoms with Crippen molar-refractivity contribution in [1.82, 2.24) is 15.1 Å². The smallest absolute Gasteiger partial charge is 0.355 e. The van der Waals surface area contributed by atoms with Gasteiger partial charge in [0, 0.05) is 38.3 Å². The van der Waals surface area contributed by atoms with Crippen LogP contribution in [0.2, 0.25) is 0 Å². The van der Waals surface area contributed by atoms with E-state index in [9.17, 15) is 22.8 Å². The summed E-state index contributed by atoms with van der Waals surface area (Å²) < 4.78 is 38.6. The number of rotatable bonds is 7. The third-order valence-corrected chi connectivity index (χ3v) is 5.47. The number of amides is 3. The van der Waals surface area contributed by atoms with Gasteiger partial charge in [-0.2, -0.15) is 13.2 Å². The van der Waals surface area contributed by atoms with Crippen molar-refractivity contribution in [3.8, 4) is 0 Å². The van der Waals surface area contributed by atoms with Gasteiger partial charge in [-0.25, -0.2) is 4.79 Å². The predicted molar refractivity (Wildman–Crippen MR) is 110 cm³/mol. The van der Waals surface area contributed by atoms with Crippen molar-refractivity contribution in [2.24, 2.45) is 11.8 Å². The van der Waals surface area contributed by atoms with Crippen molar-refractivity contribution in [2.75, 3.05) is 45.6 Å². The summed E-state index contributed by atoms with van der Waals surface area (Å²) in [5.74, 6) is 0.375.